The molecule has 3 nitrogen and oxygen atoms in total. The molecule has 0 saturated heterocycles. The Kier molecular flexibility index (Phi) is 4.36. The third kappa shape index (κ3) is 3.45. The molecule has 0 bridgehead atoms. The summed E-state index contributed by atoms with van der Waals surface area (Å²) in [5.74, 6) is 0.490. The van der Waals surface area contributed by atoms with Gasteiger partial charge in [0.15, 0.2) is 0 Å². The van der Waals surface area contributed by atoms with E-state index in [1.807, 2.05) is 31.2 Å². The second kappa shape index (κ2) is 6.20. The number of benzene rings is 2. The molecule has 100 valence electrons. The van der Waals surface area contributed by atoms with Crippen LogP contribution in [0.1, 0.15) is 12.5 Å². The molecule has 0 aliphatic carbocycles. The van der Waals surface area contributed by atoms with Gasteiger partial charge in [0, 0.05) is 12.2 Å². The van der Waals surface area contributed by atoms with E-state index in [-0.39, 0.29) is 5.82 Å². The molecule has 0 aliphatic heterocycles. The monoisotopic (exact) mass is 260 g/mol. The van der Waals surface area contributed by atoms with Crippen molar-refractivity contribution in [1.82, 2.24) is 0 Å². The van der Waals surface area contributed by atoms with E-state index in [0.29, 0.717) is 18.8 Å². The summed E-state index contributed by atoms with van der Waals surface area (Å²) in [5, 5.41) is 3.02. The van der Waals surface area contributed by atoms with E-state index >= 15 is 0 Å². The fourth-order valence-electron chi connectivity index (χ4n) is 1.74. The zero-order valence-corrected chi connectivity index (χ0v) is 10.8. The van der Waals surface area contributed by atoms with Crippen molar-refractivity contribution in [3.05, 3.63) is 53.8 Å². The fraction of sp³-hybridized carbons (Fsp3) is 0.200. The highest BCUT2D eigenvalue weighted by molar-refractivity contribution is 5.61. The van der Waals surface area contributed by atoms with Gasteiger partial charge < -0.3 is 15.8 Å². The van der Waals surface area contributed by atoms with E-state index < -0.39 is 0 Å². The molecule has 0 fully saturated rings. The standard InChI is InChI=1S/C15H17FN2O/c1-2-19-13-6-4-12(5-7-13)18-15-8-3-11(10-17)9-14(15)16/h3-9,18H,2,10,17H2,1H3. The van der Waals surface area contributed by atoms with Gasteiger partial charge in [0.1, 0.15) is 11.6 Å². The molecule has 0 spiro atoms. The van der Waals surface area contributed by atoms with Crippen LogP contribution in [-0.4, -0.2) is 6.61 Å². The maximum Gasteiger partial charge on any atom is 0.146 e. The predicted octanol–water partition coefficient (Wildman–Crippen LogP) is 3.43. The number of rotatable bonds is 5. The second-order valence-electron chi connectivity index (χ2n) is 4.10. The molecule has 0 aromatic heterocycles. The van der Waals surface area contributed by atoms with Gasteiger partial charge in [-0.1, -0.05) is 6.07 Å². The van der Waals surface area contributed by atoms with E-state index in [4.69, 9.17) is 10.5 Å². The first kappa shape index (κ1) is 13.4. The number of nitrogens with two attached hydrogens (primary N) is 1. The molecule has 0 unspecified atom stereocenters. The molecule has 0 aliphatic rings. The average Bonchev–Trinajstić information content (AvgIpc) is 2.43. The van der Waals surface area contributed by atoms with Gasteiger partial charge in [-0.2, -0.15) is 0 Å². The Balaban J connectivity index is 2.12. The van der Waals surface area contributed by atoms with Crippen molar-refractivity contribution in [3.8, 4) is 5.75 Å². The van der Waals surface area contributed by atoms with E-state index in [9.17, 15) is 4.39 Å². The van der Waals surface area contributed by atoms with Crippen LogP contribution < -0.4 is 15.8 Å². The molecule has 2 aromatic rings. The van der Waals surface area contributed by atoms with Crippen LogP contribution in [0.15, 0.2) is 42.5 Å². The summed E-state index contributed by atoms with van der Waals surface area (Å²) in [6.45, 7) is 2.89. The van der Waals surface area contributed by atoms with Gasteiger partial charge >= 0.3 is 0 Å². The maximum absolute atomic E-state index is 13.8. The average molecular weight is 260 g/mol. The number of ether oxygens (including phenoxy) is 1. The zero-order chi connectivity index (χ0) is 13.7. The molecule has 3 N–H and O–H groups in total. The molecule has 0 atom stereocenters. The predicted molar refractivity (Wildman–Crippen MR) is 75.2 cm³/mol. The van der Waals surface area contributed by atoms with Crippen molar-refractivity contribution in [2.24, 2.45) is 5.73 Å². The van der Waals surface area contributed by atoms with Crippen LogP contribution in [0.5, 0.6) is 5.75 Å². The minimum Gasteiger partial charge on any atom is -0.494 e. The summed E-state index contributed by atoms with van der Waals surface area (Å²) in [5.41, 5.74) is 7.48. The van der Waals surface area contributed by atoms with Gasteiger partial charge in [-0.3, -0.25) is 0 Å². The minimum absolute atomic E-state index is 0.308. The molecule has 2 rings (SSSR count). The Morgan fingerprint density at radius 3 is 2.47 bits per heavy atom. The van der Waals surface area contributed by atoms with Crippen LogP contribution in [0.25, 0.3) is 0 Å². The van der Waals surface area contributed by atoms with Gasteiger partial charge in [0.05, 0.1) is 12.3 Å². The normalized spacial score (nSPS) is 10.3. The van der Waals surface area contributed by atoms with Crippen molar-refractivity contribution in [3.63, 3.8) is 0 Å². The summed E-state index contributed by atoms with van der Waals surface area (Å²) in [6, 6.07) is 12.3. The first-order valence-corrected chi connectivity index (χ1v) is 6.21. The quantitative estimate of drug-likeness (QED) is 0.865. The van der Waals surface area contributed by atoms with Gasteiger partial charge in [-0.25, -0.2) is 4.39 Å². The summed E-state index contributed by atoms with van der Waals surface area (Å²) in [6.07, 6.45) is 0. The lowest BCUT2D eigenvalue weighted by atomic mass is 10.2. The highest BCUT2D eigenvalue weighted by Gasteiger charge is 2.03. The van der Waals surface area contributed by atoms with Crippen LogP contribution >= 0.6 is 0 Å². The maximum atomic E-state index is 13.8. The first-order chi connectivity index (χ1) is 9.22. The smallest absolute Gasteiger partial charge is 0.146 e. The molecule has 19 heavy (non-hydrogen) atoms. The molecule has 4 heteroatoms. The Bertz CT molecular complexity index is 540. The van der Waals surface area contributed by atoms with Crippen molar-refractivity contribution in [1.29, 1.82) is 0 Å². The SMILES string of the molecule is CCOc1ccc(Nc2ccc(CN)cc2F)cc1. The van der Waals surface area contributed by atoms with Crippen molar-refractivity contribution >= 4 is 11.4 Å². The minimum atomic E-state index is -0.308. The van der Waals surface area contributed by atoms with Gasteiger partial charge in [-0.15, -0.1) is 0 Å². The number of anilines is 2. The lowest BCUT2D eigenvalue weighted by molar-refractivity contribution is 0.340. The zero-order valence-electron chi connectivity index (χ0n) is 10.8. The van der Waals surface area contributed by atoms with Crippen molar-refractivity contribution in [2.75, 3.05) is 11.9 Å². The molecule has 0 saturated carbocycles. The van der Waals surface area contributed by atoms with E-state index in [0.717, 1.165) is 17.0 Å². The highest BCUT2D eigenvalue weighted by atomic mass is 19.1. The van der Waals surface area contributed by atoms with Crippen LogP contribution in [-0.2, 0) is 6.54 Å². The molecule has 0 heterocycles. The summed E-state index contributed by atoms with van der Waals surface area (Å²) >= 11 is 0. The summed E-state index contributed by atoms with van der Waals surface area (Å²) < 4.78 is 19.1. The Labute approximate surface area is 112 Å². The van der Waals surface area contributed by atoms with Gasteiger partial charge in [-0.05, 0) is 48.9 Å². The van der Waals surface area contributed by atoms with Gasteiger partial charge in [0.25, 0.3) is 0 Å². The number of hydrogen-bond acceptors (Lipinski definition) is 3. The largest absolute Gasteiger partial charge is 0.494 e. The Morgan fingerprint density at radius 2 is 1.89 bits per heavy atom. The highest BCUT2D eigenvalue weighted by Crippen LogP contribution is 2.22. The van der Waals surface area contributed by atoms with Crippen LogP contribution in [0.3, 0.4) is 0 Å². The first-order valence-electron chi connectivity index (χ1n) is 6.21. The van der Waals surface area contributed by atoms with E-state index in [1.54, 1.807) is 12.1 Å². The van der Waals surface area contributed by atoms with E-state index in [2.05, 4.69) is 5.32 Å². The summed E-state index contributed by atoms with van der Waals surface area (Å²) in [4.78, 5) is 0. The lowest BCUT2D eigenvalue weighted by Crippen LogP contribution is -1.99. The van der Waals surface area contributed by atoms with Crippen LogP contribution in [0.2, 0.25) is 0 Å². The molecule has 0 radical (unpaired) electrons. The number of hydrogen-bond donors (Lipinski definition) is 2. The van der Waals surface area contributed by atoms with Crippen molar-refractivity contribution < 1.29 is 9.13 Å². The lowest BCUT2D eigenvalue weighted by Gasteiger charge is -2.09. The second-order valence-corrected chi connectivity index (χ2v) is 4.10. The fourth-order valence-corrected chi connectivity index (χ4v) is 1.74. The Hall–Kier alpha value is -2.07. The summed E-state index contributed by atoms with van der Waals surface area (Å²) in [7, 11) is 0. The number of nitrogens with one attached hydrogen (secondary N) is 1. The third-order valence-electron chi connectivity index (χ3n) is 2.71. The Morgan fingerprint density at radius 1 is 1.16 bits per heavy atom. The van der Waals surface area contributed by atoms with Crippen LogP contribution in [0.4, 0.5) is 15.8 Å². The number of halogens is 1. The molecule has 0 amide bonds. The third-order valence-corrected chi connectivity index (χ3v) is 2.71. The van der Waals surface area contributed by atoms with Crippen LogP contribution in [0, 0.1) is 5.82 Å². The molecule has 2 aromatic carbocycles. The van der Waals surface area contributed by atoms with E-state index in [1.165, 1.54) is 6.07 Å². The molecular formula is C15H17FN2O. The topological polar surface area (TPSA) is 47.3 Å². The van der Waals surface area contributed by atoms with Gasteiger partial charge in [0.2, 0.25) is 0 Å². The van der Waals surface area contributed by atoms with Crippen molar-refractivity contribution in [2.45, 2.75) is 13.5 Å². The molecular weight excluding hydrogens is 243 g/mol.